The number of nitrogens with two attached hydrogens (primary N) is 1. The smallest absolute Gasteiger partial charge is 0.0418 e. The molecule has 11 heavy (non-hydrogen) atoms. The summed E-state index contributed by atoms with van der Waals surface area (Å²) in [6, 6.07) is 1.78. The lowest BCUT2D eigenvalue weighted by molar-refractivity contribution is 1.32. The maximum absolute atomic E-state index is 5.65. The van der Waals surface area contributed by atoms with E-state index in [0.29, 0.717) is 5.75 Å². The summed E-state index contributed by atoms with van der Waals surface area (Å²) >= 11 is 4.04. The van der Waals surface area contributed by atoms with Gasteiger partial charge in [-0.05, 0) is 6.07 Å². The zero-order valence-corrected chi connectivity index (χ0v) is 6.96. The number of hydrogen-bond donors (Lipinski definition) is 2. The summed E-state index contributed by atoms with van der Waals surface area (Å²) in [6.45, 7) is 0. The molecule has 0 atom stereocenters. The predicted molar refractivity (Wildman–Crippen MR) is 51.5 cm³/mol. The average molecular weight is 166 g/mol. The van der Waals surface area contributed by atoms with E-state index in [9.17, 15) is 0 Å². The van der Waals surface area contributed by atoms with Crippen molar-refractivity contribution < 1.29 is 0 Å². The van der Waals surface area contributed by atoms with Crippen LogP contribution in [0.3, 0.4) is 0 Å². The van der Waals surface area contributed by atoms with Crippen LogP contribution in [-0.2, 0) is 0 Å². The van der Waals surface area contributed by atoms with Crippen LogP contribution in [0.2, 0.25) is 0 Å². The van der Waals surface area contributed by atoms with Crippen molar-refractivity contribution in [3.05, 3.63) is 30.1 Å². The van der Waals surface area contributed by atoms with Crippen molar-refractivity contribution in [2.24, 2.45) is 0 Å². The van der Waals surface area contributed by atoms with E-state index >= 15 is 0 Å². The van der Waals surface area contributed by atoms with Crippen molar-refractivity contribution in [1.82, 2.24) is 4.98 Å². The summed E-state index contributed by atoms with van der Waals surface area (Å²) < 4.78 is 0. The third-order valence-corrected chi connectivity index (χ3v) is 1.50. The number of anilines is 1. The molecule has 0 saturated heterocycles. The molecular formula is C8H10N2S. The van der Waals surface area contributed by atoms with Crippen molar-refractivity contribution >= 4 is 24.4 Å². The molecule has 3 heteroatoms. The van der Waals surface area contributed by atoms with Crippen molar-refractivity contribution in [2.75, 3.05) is 11.5 Å². The first-order chi connectivity index (χ1) is 5.34. The van der Waals surface area contributed by atoms with Gasteiger partial charge in [0.25, 0.3) is 0 Å². The molecule has 2 nitrogen and oxygen atoms in total. The van der Waals surface area contributed by atoms with Gasteiger partial charge in [-0.3, -0.25) is 4.98 Å². The van der Waals surface area contributed by atoms with Crippen LogP contribution in [-0.4, -0.2) is 10.7 Å². The molecule has 0 spiro atoms. The van der Waals surface area contributed by atoms with E-state index in [2.05, 4.69) is 17.6 Å². The summed E-state index contributed by atoms with van der Waals surface area (Å²) in [5, 5.41) is 0. The fourth-order valence-corrected chi connectivity index (χ4v) is 0.842. The fourth-order valence-electron chi connectivity index (χ4n) is 0.736. The molecule has 0 unspecified atom stereocenters. The third-order valence-electron chi connectivity index (χ3n) is 1.29. The first kappa shape index (κ1) is 8.14. The lowest BCUT2D eigenvalue weighted by atomic mass is 10.2. The Bertz CT molecular complexity index is 258. The van der Waals surface area contributed by atoms with Crippen LogP contribution >= 0.6 is 12.6 Å². The number of thiol groups is 1. The Hall–Kier alpha value is -0.960. The molecular weight excluding hydrogens is 156 g/mol. The lowest BCUT2D eigenvalue weighted by Crippen LogP contribution is -1.88. The highest BCUT2D eigenvalue weighted by Gasteiger charge is 1.90. The molecule has 0 amide bonds. The average Bonchev–Trinajstić information content (AvgIpc) is 2.03. The summed E-state index contributed by atoms with van der Waals surface area (Å²) in [5.41, 5.74) is 7.34. The largest absolute Gasteiger partial charge is 0.398 e. The summed E-state index contributed by atoms with van der Waals surface area (Å²) in [6.07, 6.45) is 7.24. The van der Waals surface area contributed by atoms with Gasteiger partial charge in [0.05, 0.1) is 0 Å². The maximum atomic E-state index is 5.65. The van der Waals surface area contributed by atoms with Gasteiger partial charge in [-0.2, -0.15) is 12.6 Å². The van der Waals surface area contributed by atoms with Gasteiger partial charge in [-0.25, -0.2) is 0 Å². The SMILES string of the molecule is Nc1ccncc1C=CCS. The lowest BCUT2D eigenvalue weighted by Gasteiger charge is -1.96. The second-order valence-corrected chi connectivity index (χ2v) is 2.45. The number of aromatic nitrogens is 1. The van der Waals surface area contributed by atoms with E-state index in [-0.39, 0.29) is 0 Å². The van der Waals surface area contributed by atoms with Crippen LogP contribution in [0.5, 0.6) is 0 Å². The Morgan fingerprint density at radius 3 is 3.09 bits per heavy atom. The zero-order valence-electron chi connectivity index (χ0n) is 6.07. The predicted octanol–water partition coefficient (Wildman–Crippen LogP) is 1.61. The number of pyridine rings is 1. The van der Waals surface area contributed by atoms with Crippen molar-refractivity contribution in [3.8, 4) is 0 Å². The highest BCUT2D eigenvalue weighted by Crippen LogP contribution is 2.09. The Morgan fingerprint density at radius 2 is 2.45 bits per heavy atom. The fraction of sp³-hybridized carbons (Fsp3) is 0.125. The van der Waals surface area contributed by atoms with E-state index < -0.39 is 0 Å². The van der Waals surface area contributed by atoms with Gasteiger partial charge in [0.1, 0.15) is 0 Å². The molecule has 0 bridgehead atoms. The van der Waals surface area contributed by atoms with Crippen molar-refractivity contribution in [1.29, 1.82) is 0 Å². The maximum Gasteiger partial charge on any atom is 0.0418 e. The first-order valence-electron chi connectivity index (χ1n) is 3.31. The summed E-state index contributed by atoms with van der Waals surface area (Å²) in [5.74, 6) is 0.717. The molecule has 0 aliphatic heterocycles. The van der Waals surface area contributed by atoms with Gasteiger partial charge < -0.3 is 5.73 Å². The molecule has 0 aliphatic carbocycles. The second-order valence-electron chi connectivity index (χ2n) is 2.09. The molecule has 1 heterocycles. The van der Waals surface area contributed by atoms with Gasteiger partial charge in [0.2, 0.25) is 0 Å². The van der Waals surface area contributed by atoms with Crippen molar-refractivity contribution in [2.45, 2.75) is 0 Å². The van der Waals surface area contributed by atoms with Gasteiger partial charge in [-0.1, -0.05) is 12.2 Å². The van der Waals surface area contributed by atoms with Crippen LogP contribution in [0.1, 0.15) is 5.56 Å². The number of nitrogen functional groups attached to an aromatic ring is 1. The van der Waals surface area contributed by atoms with E-state index in [0.717, 1.165) is 11.3 Å². The first-order valence-corrected chi connectivity index (χ1v) is 3.94. The molecule has 0 aliphatic rings. The Labute approximate surface area is 71.6 Å². The van der Waals surface area contributed by atoms with Crippen LogP contribution in [0.15, 0.2) is 24.5 Å². The standard InChI is InChI=1S/C8H10N2S/c9-8-3-4-10-6-7(8)2-1-5-11/h1-4,6,11H,5H2,(H2,9,10). The monoisotopic (exact) mass is 166 g/mol. The topological polar surface area (TPSA) is 38.9 Å². The molecule has 1 aromatic rings. The molecule has 0 radical (unpaired) electrons. The van der Waals surface area contributed by atoms with E-state index in [1.807, 2.05) is 12.2 Å². The molecule has 58 valence electrons. The molecule has 1 aromatic heterocycles. The van der Waals surface area contributed by atoms with Crippen LogP contribution in [0, 0.1) is 0 Å². The van der Waals surface area contributed by atoms with Gasteiger partial charge in [0, 0.05) is 29.4 Å². The molecule has 2 N–H and O–H groups in total. The zero-order chi connectivity index (χ0) is 8.10. The van der Waals surface area contributed by atoms with Crippen LogP contribution in [0.25, 0.3) is 6.08 Å². The molecule has 0 aromatic carbocycles. The highest BCUT2D eigenvalue weighted by atomic mass is 32.1. The van der Waals surface area contributed by atoms with Crippen LogP contribution in [0.4, 0.5) is 5.69 Å². The quantitative estimate of drug-likeness (QED) is 0.655. The normalized spacial score (nSPS) is 10.6. The minimum absolute atomic E-state index is 0.717. The third kappa shape index (κ3) is 2.27. The van der Waals surface area contributed by atoms with E-state index in [1.165, 1.54) is 0 Å². The molecule has 0 saturated carbocycles. The van der Waals surface area contributed by atoms with Gasteiger partial charge >= 0.3 is 0 Å². The summed E-state index contributed by atoms with van der Waals surface area (Å²) in [7, 11) is 0. The van der Waals surface area contributed by atoms with Gasteiger partial charge in [-0.15, -0.1) is 0 Å². The minimum atomic E-state index is 0.717. The second kappa shape index (κ2) is 4.03. The Kier molecular flexibility index (Phi) is 2.98. The molecule has 0 fully saturated rings. The number of rotatable bonds is 2. The highest BCUT2D eigenvalue weighted by molar-refractivity contribution is 7.80. The Morgan fingerprint density at radius 1 is 1.64 bits per heavy atom. The minimum Gasteiger partial charge on any atom is -0.398 e. The van der Waals surface area contributed by atoms with E-state index in [1.54, 1.807) is 18.5 Å². The molecule has 1 rings (SSSR count). The van der Waals surface area contributed by atoms with Gasteiger partial charge in [0.15, 0.2) is 0 Å². The summed E-state index contributed by atoms with van der Waals surface area (Å²) in [4.78, 5) is 3.94. The number of nitrogens with zero attached hydrogens (tertiary/aromatic N) is 1. The van der Waals surface area contributed by atoms with Crippen LogP contribution < -0.4 is 5.73 Å². The Balaban J connectivity index is 2.86. The van der Waals surface area contributed by atoms with E-state index in [4.69, 9.17) is 5.73 Å². The number of hydrogen-bond acceptors (Lipinski definition) is 3. The van der Waals surface area contributed by atoms with Crippen molar-refractivity contribution in [3.63, 3.8) is 0 Å².